The second-order valence-electron chi connectivity index (χ2n) is 9.23. The Labute approximate surface area is 220 Å². The van der Waals surface area contributed by atoms with Crippen molar-refractivity contribution in [2.24, 2.45) is 0 Å². The number of hydrogen-bond acceptors (Lipinski definition) is 5. The maximum Gasteiger partial charge on any atom is 0.416 e. The molecule has 208 valence electrons. The summed E-state index contributed by atoms with van der Waals surface area (Å²) in [6.07, 6.45) is -6.28. The summed E-state index contributed by atoms with van der Waals surface area (Å²) in [5.41, 5.74) is -3.59. The van der Waals surface area contributed by atoms with Crippen LogP contribution in [0.3, 0.4) is 0 Å². The van der Waals surface area contributed by atoms with Crippen molar-refractivity contribution in [2.75, 3.05) is 10.8 Å². The molecule has 0 amide bonds. The quantitative estimate of drug-likeness (QED) is 0.377. The first kappa shape index (κ1) is 28.3. The summed E-state index contributed by atoms with van der Waals surface area (Å²) in [7, 11) is -4.67. The number of anilines is 1. The number of carbonyl (C=O) groups is 1. The maximum atomic E-state index is 14.5. The van der Waals surface area contributed by atoms with Crippen LogP contribution in [-0.2, 0) is 21.0 Å². The Kier molecular flexibility index (Phi) is 7.34. The van der Waals surface area contributed by atoms with Gasteiger partial charge in [0, 0.05) is 5.56 Å². The van der Waals surface area contributed by atoms with Gasteiger partial charge in [-0.25, -0.2) is 22.0 Å². The lowest BCUT2D eigenvalue weighted by Gasteiger charge is -2.36. The number of nitrogens with zero attached hydrogens (tertiary/aromatic N) is 1. The van der Waals surface area contributed by atoms with Crippen LogP contribution in [0.2, 0.25) is 0 Å². The van der Waals surface area contributed by atoms with Gasteiger partial charge in [-0.3, -0.25) is 4.31 Å². The number of carboxylic acids is 1. The fraction of sp³-hybridized carbons (Fsp3) is 0.269. The van der Waals surface area contributed by atoms with E-state index < -0.39 is 62.5 Å². The van der Waals surface area contributed by atoms with Crippen molar-refractivity contribution in [3.05, 3.63) is 77.9 Å². The minimum absolute atomic E-state index is 0.0441. The molecule has 1 heterocycles. The smallest absolute Gasteiger partial charge is 0.416 e. The van der Waals surface area contributed by atoms with E-state index in [2.05, 4.69) is 0 Å². The van der Waals surface area contributed by atoms with Crippen LogP contribution in [0.4, 0.5) is 27.6 Å². The molecule has 0 fully saturated rings. The zero-order valence-electron chi connectivity index (χ0n) is 20.2. The first-order valence-corrected chi connectivity index (χ1v) is 13.0. The Hall–Kier alpha value is -3.71. The summed E-state index contributed by atoms with van der Waals surface area (Å²) < 4.78 is 102. The van der Waals surface area contributed by atoms with Crippen LogP contribution in [0.1, 0.15) is 25.3 Å². The summed E-state index contributed by atoms with van der Waals surface area (Å²) in [6, 6.07) is 9.68. The third-order valence-corrected chi connectivity index (χ3v) is 8.07. The van der Waals surface area contributed by atoms with Crippen molar-refractivity contribution < 1.29 is 50.1 Å². The number of aliphatic carboxylic acids is 1. The second-order valence-corrected chi connectivity index (χ2v) is 11.1. The van der Waals surface area contributed by atoms with E-state index in [1.54, 1.807) is 0 Å². The van der Waals surface area contributed by atoms with Crippen molar-refractivity contribution in [3.63, 3.8) is 0 Å². The molecule has 7 nitrogen and oxygen atoms in total. The molecule has 0 spiro atoms. The van der Waals surface area contributed by atoms with Crippen LogP contribution >= 0.6 is 0 Å². The van der Waals surface area contributed by atoms with Crippen molar-refractivity contribution in [1.82, 2.24) is 0 Å². The summed E-state index contributed by atoms with van der Waals surface area (Å²) in [5.74, 6) is -3.10. The molecular formula is C26H22F5NO6S. The van der Waals surface area contributed by atoms with Crippen LogP contribution < -0.4 is 9.04 Å². The van der Waals surface area contributed by atoms with E-state index in [1.807, 2.05) is 0 Å². The largest absolute Gasteiger partial charge is 0.486 e. The average molecular weight is 572 g/mol. The summed E-state index contributed by atoms with van der Waals surface area (Å²) in [5, 5.41) is 19.3. The number of aliphatic hydroxyl groups is 1. The number of sulfonamides is 1. The van der Waals surface area contributed by atoms with E-state index >= 15 is 0 Å². The van der Waals surface area contributed by atoms with Gasteiger partial charge in [-0.2, -0.15) is 13.2 Å². The van der Waals surface area contributed by atoms with Gasteiger partial charge in [-0.05, 0) is 73.9 Å². The highest BCUT2D eigenvalue weighted by molar-refractivity contribution is 7.92. The number of ether oxygens (including phenoxy) is 1. The topological polar surface area (TPSA) is 104 Å². The van der Waals surface area contributed by atoms with E-state index in [-0.39, 0.29) is 35.4 Å². The maximum absolute atomic E-state index is 14.5. The lowest BCUT2D eigenvalue weighted by atomic mass is 9.97. The molecule has 2 N–H and O–H groups in total. The minimum Gasteiger partial charge on any atom is -0.486 e. The summed E-state index contributed by atoms with van der Waals surface area (Å²) >= 11 is 0. The van der Waals surface area contributed by atoms with Gasteiger partial charge in [-0.1, -0.05) is 12.1 Å². The zero-order valence-corrected chi connectivity index (χ0v) is 21.1. The fourth-order valence-electron chi connectivity index (χ4n) is 4.09. The number of benzene rings is 3. The van der Waals surface area contributed by atoms with Gasteiger partial charge in [-0.15, -0.1) is 0 Å². The third kappa shape index (κ3) is 5.83. The molecule has 0 bridgehead atoms. The van der Waals surface area contributed by atoms with Gasteiger partial charge in [0.25, 0.3) is 10.0 Å². The molecule has 1 aliphatic rings. The molecule has 3 aromatic carbocycles. The normalized spacial score (nSPS) is 17.2. The SMILES string of the molecule is C[C@@](O)(CC[C@H]1CN(S(=O)(=O)c2cccc(C(F)(F)F)c2)c2cc(-c3cc(F)ccc3F)ccc2O1)C(=O)O. The van der Waals surface area contributed by atoms with Gasteiger partial charge < -0.3 is 14.9 Å². The van der Waals surface area contributed by atoms with Gasteiger partial charge in [0.05, 0.1) is 22.7 Å². The Morgan fingerprint density at radius 2 is 1.79 bits per heavy atom. The predicted molar refractivity (Wildman–Crippen MR) is 130 cm³/mol. The number of carboxylic acid groups (broad SMARTS) is 1. The van der Waals surface area contributed by atoms with E-state index in [0.717, 1.165) is 41.6 Å². The highest BCUT2D eigenvalue weighted by Gasteiger charge is 2.39. The van der Waals surface area contributed by atoms with Crippen LogP contribution in [0, 0.1) is 11.6 Å². The molecule has 2 atom stereocenters. The number of alkyl halides is 3. The Balaban J connectivity index is 1.81. The number of fused-ring (bicyclic) bond motifs is 1. The van der Waals surface area contributed by atoms with Crippen molar-refractivity contribution in [2.45, 2.75) is 42.5 Å². The molecule has 0 aliphatic carbocycles. The van der Waals surface area contributed by atoms with Crippen LogP contribution in [0.15, 0.2) is 65.6 Å². The summed E-state index contributed by atoms with van der Waals surface area (Å²) in [6.45, 7) is 0.597. The molecule has 0 unspecified atom stereocenters. The highest BCUT2D eigenvalue weighted by atomic mass is 32.2. The van der Waals surface area contributed by atoms with E-state index in [1.165, 1.54) is 18.2 Å². The molecule has 0 radical (unpaired) electrons. The molecule has 1 aliphatic heterocycles. The minimum atomic E-state index is -4.82. The van der Waals surface area contributed by atoms with Gasteiger partial charge in [0.15, 0.2) is 5.60 Å². The molecule has 39 heavy (non-hydrogen) atoms. The monoisotopic (exact) mass is 571 g/mol. The predicted octanol–water partition coefficient (Wildman–Crippen LogP) is 5.22. The Morgan fingerprint density at radius 1 is 1.08 bits per heavy atom. The van der Waals surface area contributed by atoms with E-state index in [0.29, 0.717) is 12.1 Å². The van der Waals surface area contributed by atoms with Crippen molar-refractivity contribution >= 4 is 21.7 Å². The molecule has 3 aromatic rings. The Morgan fingerprint density at radius 3 is 2.46 bits per heavy atom. The van der Waals surface area contributed by atoms with E-state index in [9.17, 15) is 45.4 Å². The fourth-order valence-corrected chi connectivity index (χ4v) is 5.63. The second kappa shape index (κ2) is 10.1. The van der Waals surface area contributed by atoms with Crippen LogP contribution in [-0.4, -0.2) is 42.8 Å². The third-order valence-electron chi connectivity index (χ3n) is 6.29. The van der Waals surface area contributed by atoms with Gasteiger partial charge in [0.1, 0.15) is 23.5 Å². The van der Waals surface area contributed by atoms with Crippen molar-refractivity contribution in [1.29, 1.82) is 0 Å². The number of rotatable bonds is 7. The molecule has 4 rings (SSSR count). The zero-order chi connectivity index (χ0) is 28.8. The van der Waals surface area contributed by atoms with Gasteiger partial charge in [0.2, 0.25) is 0 Å². The number of halogens is 5. The van der Waals surface area contributed by atoms with Crippen molar-refractivity contribution in [3.8, 4) is 16.9 Å². The number of hydrogen-bond donors (Lipinski definition) is 2. The molecule has 0 aromatic heterocycles. The first-order valence-electron chi connectivity index (χ1n) is 11.5. The lowest BCUT2D eigenvalue weighted by molar-refractivity contribution is -0.157. The molecule has 0 saturated heterocycles. The van der Waals surface area contributed by atoms with Crippen LogP contribution in [0.25, 0.3) is 11.1 Å². The Bertz CT molecular complexity index is 1520. The standard InChI is InChI=1S/C26H22F5NO6S/c1-25(35,24(33)34)10-9-18-14-32(39(36,37)19-4-2-3-16(12-19)26(29,30)31)22-11-15(5-8-23(22)38-18)20-13-17(27)6-7-21(20)28/h2-8,11-13,18,35H,9-10,14H2,1H3,(H,33,34)/t18-,25+/m0/s1. The summed E-state index contributed by atoms with van der Waals surface area (Å²) in [4.78, 5) is 10.6. The molecule has 0 saturated carbocycles. The lowest BCUT2D eigenvalue weighted by Crippen LogP contribution is -2.45. The van der Waals surface area contributed by atoms with Gasteiger partial charge >= 0.3 is 12.1 Å². The molecule has 13 heteroatoms. The molecular weight excluding hydrogens is 549 g/mol. The first-order chi connectivity index (χ1) is 18.1. The highest BCUT2D eigenvalue weighted by Crippen LogP contribution is 2.42. The van der Waals surface area contributed by atoms with Crippen LogP contribution in [0.5, 0.6) is 5.75 Å². The van der Waals surface area contributed by atoms with E-state index in [4.69, 9.17) is 4.74 Å². The average Bonchev–Trinajstić information content (AvgIpc) is 2.87.